The molecular formula is C17H29N3. The second kappa shape index (κ2) is 6.57. The summed E-state index contributed by atoms with van der Waals surface area (Å²) in [6.07, 6.45) is 6.10. The van der Waals surface area contributed by atoms with E-state index in [-0.39, 0.29) is 5.54 Å². The van der Waals surface area contributed by atoms with Gasteiger partial charge in [0, 0.05) is 36.9 Å². The number of anilines is 1. The van der Waals surface area contributed by atoms with Crippen LogP contribution in [-0.2, 0) is 6.54 Å². The number of aromatic nitrogens is 1. The number of nitrogens with zero attached hydrogens (tertiary/aromatic N) is 2. The van der Waals surface area contributed by atoms with Crippen LogP contribution in [0.25, 0.3) is 0 Å². The van der Waals surface area contributed by atoms with Crippen molar-refractivity contribution in [1.29, 1.82) is 0 Å². The molecule has 0 radical (unpaired) electrons. The Labute approximate surface area is 123 Å². The first-order chi connectivity index (χ1) is 9.49. The van der Waals surface area contributed by atoms with Crippen molar-refractivity contribution in [1.82, 2.24) is 10.3 Å². The van der Waals surface area contributed by atoms with Gasteiger partial charge in [-0.3, -0.25) is 0 Å². The Bertz CT molecular complexity index is 418. The van der Waals surface area contributed by atoms with Crippen molar-refractivity contribution >= 4 is 5.82 Å². The van der Waals surface area contributed by atoms with E-state index in [0.717, 1.165) is 25.6 Å². The predicted molar refractivity (Wildman–Crippen MR) is 86.1 cm³/mol. The van der Waals surface area contributed by atoms with Gasteiger partial charge in [-0.1, -0.05) is 12.5 Å². The summed E-state index contributed by atoms with van der Waals surface area (Å²) in [7, 11) is 0. The van der Waals surface area contributed by atoms with Gasteiger partial charge in [0.25, 0.3) is 0 Å². The van der Waals surface area contributed by atoms with E-state index in [9.17, 15) is 0 Å². The molecule has 0 saturated heterocycles. The fourth-order valence-electron chi connectivity index (χ4n) is 2.57. The maximum atomic E-state index is 4.65. The van der Waals surface area contributed by atoms with Crippen LogP contribution < -0.4 is 10.2 Å². The van der Waals surface area contributed by atoms with Crippen molar-refractivity contribution in [2.75, 3.05) is 18.0 Å². The second-order valence-corrected chi connectivity index (χ2v) is 6.93. The lowest BCUT2D eigenvalue weighted by molar-refractivity contribution is 0.317. The topological polar surface area (TPSA) is 28.2 Å². The summed E-state index contributed by atoms with van der Waals surface area (Å²) >= 11 is 0. The first-order valence-electron chi connectivity index (χ1n) is 7.93. The maximum Gasteiger partial charge on any atom is 0.133 e. The van der Waals surface area contributed by atoms with E-state index in [1.807, 2.05) is 12.3 Å². The van der Waals surface area contributed by atoms with Crippen molar-refractivity contribution in [2.45, 2.75) is 59.0 Å². The van der Waals surface area contributed by atoms with Gasteiger partial charge in [-0.05, 0) is 52.5 Å². The van der Waals surface area contributed by atoms with Crippen molar-refractivity contribution in [3.05, 3.63) is 23.9 Å². The summed E-state index contributed by atoms with van der Waals surface area (Å²) in [6.45, 7) is 11.9. The van der Waals surface area contributed by atoms with E-state index in [4.69, 9.17) is 0 Å². The molecular weight excluding hydrogens is 246 g/mol. The van der Waals surface area contributed by atoms with Crippen molar-refractivity contribution < 1.29 is 0 Å². The van der Waals surface area contributed by atoms with Gasteiger partial charge >= 0.3 is 0 Å². The average Bonchev–Trinajstić information content (AvgIpc) is 2.35. The highest BCUT2D eigenvalue weighted by atomic mass is 15.2. The van der Waals surface area contributed by atoms with E-state index in [1.54, 1.807) is 0 Å². The Morgan fingerprint density at radius 3 is 2.65 bits per heavy atom. The third-order valence-electron chi connectivity index (χ3n) is 4.06. The Kier molecular flexibility index (Phi) is 5.03. The molecule has 0 aliphatic heterocycles. The molecule has 2 rings (SSSR count). The smallest absolute Gasteiger partial charge is 0.133 e. The van der Waals surface area contributed by atoms with Crippen LogP contribution in [0.5, 0.6) is 0 Å². The highest BCUT2D eigenvalue weighted by molar-refractivity contribution is 5.46. The van der Waals surface area contributed by atoms with Gasteiger partial charge < -0.3 is 10.2 Å². The van der Waals surface area contributed by atoms with Gasteiger partial charge in [-0.2, -0.15) is 0 Å². The number of nitrogens with one attached hydrogen (secondary N) is 1. The molecule has 0 unspecified atom stereocenters. The predicted octanol–water partition coefficient (Wildman–Crippen LogP) is 3.60. The summed E-state index contributed by atoms with van der Waals surface area (Å²) in [5.41, 5.74) is 1.45. The van der Waals surface area contributed by atoms with E-state index in [1.165, 1.54) is 30.6 Å². The van der Waals surface area contributed by atoms with Gasteiger partial charge in [0.1, 0.15) is 5.82 Å². The zero-order valence-corrected chi connectivity index (χ0v) is 13.4. The maximum absolute atomic E-state index is 4.65. The summed E-state index contributed by atoms with van der Waals surface area (Å²) in [4.78, 5) is 7.10. The zero-order valence-electron chi connectivity index (χ0n) is 13.4. The third kappa shape index (κ3) is 4.20. The van der Waals surface area contributed by atoms with Gasteiger partial charge in [0.05, 0.1) is 0 Å². The number of pyridine rings is 1. The van der Waals surface area contributed by atoms with Crippen LogP contribution in [0.1, 0.15) is 52.5 Å². The van der Waals surface area contributed by atoms with Crippen LogP contribution in [0.3, 0.4) is 0 Å². The van der Waals surface area contributed by atoms with E-state index in [0.29, 0.717) is 0 Å². The van der Waals surface area contributed by atoms with Crippen molar-refractivity contribution in [3.63, 3.8) is 0 Å². The Hall–Kier alpha value is -1.09. The van der Waals surface area contributed by atoms with Crippen molar-refractivity contribution in [3.8, 4) is 0 Å². The average molecular weight is 275 g/mol. The zero-order chi connectivity index (χ0) is 14.6. The number of hydrogen-bond donors (Lipinski definition) is 1. The first-order valence-corrected chi connectivity index (χ1v) is 7.93. The molecule has 0 spiro atoms. The standard InChI is InChI=1S/C17H29N3/c1-5-20(13-14-8-6-9-14)16-15(10-7-11-18-16)12-19-17(2,3)4/h7,10-11,14,19H,5-6,8-9,12-13H2,1-4H3. The Morgan fingerprint density at radius 2 is 2.10 bits per heavy atom. The molecule has 1 N–H and O–H groups in total. The van der Waals surface area contributed by atoms with Crippen LogP contribution in [0, 0.1) is 5.92 Å². The molecule has 3 nitrogen and oxygen atoms in total. The highest BCUT2D eigenvalue weighted by Gasteiger charge is 2.22. The molecule has 3 heteroatoms. The SMILES string of the molecule is CCN(CC1CCC1)c1ncccc1CNC(C)(C)C. The van der Waals surface area contributed by atoms with Gasteiger partial charge in [-0.25, -0.2) is 4.98 Å². The summed E-state index contributed by atoms with van der Waals surface area (Å²) in [5, 5.41) is 3.57. The molecule has 1 fully saturated rings. The lowest BCUT2D eigenvalue weighted by Crippen LogP contribution is -2.37. The minimum atomic E-state index is 0.137. The minimum absolute atomic E-state index is 0.137. The van der Waals surface area contributed by atoms with Crippen LogP contribution >= 0.6 is 0 Å². The minimum Gasteiger partial charge on any atom is -0.356 e. The first kappa shape index (κ1) is 15.3. The molecule has 20 heavy (non-hydrogen) atoms. The second-order valence-electron chi connectivity index (χ2n) is 6.93. The fourth-order valence-corrected chi connectivity index (χ4v) is 2.57. The molecule has 0 aromatic carbocycles. The molecule has 0 amide bonds. The fraction of sp³-hybridized carbons (Fsp3) is 0.706. The van der Waals surface area contributed by atoms with Crippen LogP contribution in [-0.4, -0.2) is 23.6 Å². The largest absolute Gasteiger partial charge is 0.356 e. The summed E-state index contributed by atoms with van der Waals surface area (Å²) < 4.78 is 0. The van der Waals surface area contributed by atoms with Gasteiger partial charge in [0.2, 0.25) is 0 Å². The highest BCUT2D eigenvalue weighted by Crippen LogP contribution is 2.29. The monoisotopic (exact) mass is 275 g/mol. The molecule has 1 heterocycles. The Balaban J connectivity index is 2.07. The lowest BCUT2D eigenvalue weighted by atomic mass is 9.85. The molecule has 1 aromatic rings. The van der Waals surface area contributed by atoms with Gasteiger partial charge in [0.15, 0.2) is 0 Å². The molecule has 112 valence electrons. The quantitative estimate of drug-likeness (QED) is 0.860. The molecule has 1 aliphatic carbocycles. The molecule has 1 saturated carbocycles. The van der Waals surface area contributed by atoms with Gasteiger partial charge in [-0.15, -0.1) is 0 Å². The van der Waals surface area contributed by atoms with Crippen LogP contribution in [0.4, 0.5) is 5.82 Å². The van der Waals surface area contributed by atoms with E-state index >= 15 is 0 Å². The summed E-state index contributed by atoms with van der Waals surface area (Å²) in [5.74, 6) is 2.04. The summed E-state index contributed by atoms with van der Waals surface area (Å²) in [6, 6.07) is 4.24. The molecule has 1 aliphatic rings. The lowest BCUT2D eigenvalue weighted by Gasteiger charge is -2.33. The Morgan fingerprint density at radius 1 is 1.35 bits per heavy atom. The molecule has 1 aromatic heterocycles. The number of rotatable bonds is 6. The van der Waals surface area contributed by atoms with E-state index in [2.05, 4.69) is 49.0 Å². The third-order valence-corrected chi connectivity index (χ3v) is 4.06. The van der Waals surface area contributed by atoms with E-state index < -0.39 is 0 Å². The van der Waals surface area contributed by atoms with Crippen molar-refractivity contribution in [2.24, 2.45) is 5.92 Å². The van der Waals surface area contributed by atoms with Crippen LogP contribution in [0.15, 0.2) is 18.3 Å². The van der Waals surface area contributed by atoms with Crippen LogP contribution in [0.2, 0.25) is 0 Å². The normalized spacial score (nSPS) is 16.0. The number of hydrogen-bond acceptors (Lipinski definition) is 3. The molecule has 0 atom stereocenters. The molecule has 0 bridgehead atoms.